The number of halogens is 3. The molecule has 4 nitrogen and oxygen atoms in total. The molecule has 2 aromatic rings. The first-order chi connectivity index (χ1) is 11.5. The van der Waals surface area contributed by atoms with Crippen LogP contribution in [-0.2, 0) is 11.3 Å². The fourth-order valence-electron chi connectivity index (χ4n) is 2.90. The van der Waals surface area contributed by atoms with E-state index < -0.39 is 6.04 Å². The molecule has 1 aliphatic rings. The van der Waals surface area contributed by atoms with Crippen molar-refractivity contribution >= 4 is 42.1 Å². The molecule has 2 heterocycles. The number of benzene rings is 1. The van der Waals surface area contributed by atoms with E-state index in [0.29, 0.717) is 18.7 Å². The summed E-state index contributed by atoms with van der Waals surface area (Å²) in [6.45, 7) is 5.67. The van der Waals surface area contributed by atoms with Gasteiger partial charge in [-0.1, -0.05) is 18.2 Å². The van der Waals surface area contributed by atoms with E-state index in [-0.39, 0.29) is 36.5 Å². The maximum absolute atomic E-state index is 13.9. The highest BCUT2D eigenvalue weighted by molar-refractivity contribution is 7.15. The Hall–Kier alpha value is -1.18. The van der Waals surface area contributed by atoms with E-state index in [9.17, 15) is 9.18 Å². The number of nitrogens with zero attached hydrogens (tertiary/aromatic N) is 2. The smallest absolute Gasteiger partial charge is 0.239 e. The van der Waals surface area contributed by atoms with Gasteiger partial charge in [0, 0.05) is 48.0 Å². The Labute approximate surface area is 170 Å². The van der Waals surface area contributed by atoms with Crippen LogP contribution >= 0.6 is 36.2 Å². The van der Waals surface area contributed by atoms with Crippen molar-refractivity contribution in [1.29, 1.82) is 0 Å². The van der Waals surface area contributed by atoms with Gasteiger partial charge in [-0.3, -0.25) is 9.69 Å². The van der Waals surface area contributed by atoms with Gasteiger partial charge in [-0.2, -0.15) is 0 Å². The molecule has 1 aliphatic heterocycles. The molecule has 2 N–H and O–H groups in total. The van der Waals surface area contributed by atoms with Crippen molar-refractivity contribution < 1.29 is 9.18 Å². The highest BCUT2D eigenvalue weighted by Gasteiger charge is 2.23. The van der Waals surface area contributed by atoms with Gasteiger partial charge in [0.05, 0.1) is 6.04 Å². The third-order valence-electron chi connectivity index (χ3n) is 4.25. The number of piperazine rings is 1. The summed E-state index contributed by atoms with van der Waals surface area (Å²) in [6.07, 6.45) is 0. The molecule has 26 heavy (non-hydrogen) atoms. The minimum atomic E-state index is -0.433. The predicted molar refractivity (Wildman–Crippen MR) is 110 cm³/mol. The van der Waals surface area contributed by atoms with Crippen molar-refractivity contribution in [1.82, 2.24) is 9.80 Å². The van der Waals surface area contributed by atoms with E-state index in [4.69, 9.17) is 5.73 Å². The van der Waals surface area contributed by atoms with Crippen LogP contribution in [0.4, 0.5) is 4.39 Å². The third kappa shape index (κ3) is 5.41. The lowest BCUT2D eigenvalue weighted by molar-refractivity contribution is -0.134. The number of hydrogen-bond acceptors (Lipinski definition) is 4. The number of rotatable bonds is 4. The average Bonchev–Trinajstić information content (AvgIpc) is 3.03. The molecule has 1 amide bonds. The molecule has 0 saturated carbocycles. The Balaban J connectivity index is 0.00000169. The largest absolute Gasteiger partial charge is 0.339 e. The second-order valence-corrected chi connectivity index (χ2v) is 7.30. The lowest BCUT2D eigenvalue weighted by Crippen LogP contribution is -2.52. The first-order valence-electron chi connectivity index (χ1n) is 8.15. The molecule has 1 atom stereocenters. The normalized spacial score (nSPS) is 15.7. The highest BCUT2D eigenvalue weighted by Crippen LogP contribution is 2.30. The van der Waals surface area contributed by atoms with Gasteiger partial charge in [0.1, 0.15) is 5.82 Å². The summed E-state index contributed by atoms with van der Waals surface area (Å²) in [5, 5.41) is 0. The Morgan fingerprint density at radius 2 is 1.81 bits per heavy atom. The van der Waals surface area contributed by atoms with Crippen LogP contribution in [0.2, 0.25) is 0 Å². The van der Waals surface area contributed by atoms with E-state index >= 15 is 0 Å². The van der Waals surface area contributed by atoms with Gasteiger partial charge in [-0.15, -0.1) is 36.2 Å². The van der Waals surface area contributed by atoms with E-state index in [0.717, 1.165) is 24.5 Å². The van der Waals surface area contributed by atoms with Gasteiger partial charge in [-0.05, 0) is 25.1 Å². The number of carbonyl (C=O) groups excluding carboxylic acids is 1. The summed E-state index contributed by atoms with van der Waals surface area (Å²) in [4.78, 5) is 18.2. The molecule has 0 spiro atoms. The molecule has 0 aliphatic carbocycles. The molecule has 0 bridgehead atoms. The van der Waals surface area contributed by atoms with E-state index in [1.165, 1.54) is 10.9 Å². The number of hydrogen-bond donors (Lipinski definition) is 1. The van der Waals surface area contributed by atoms with Crippen molar-refractivity contribution in [3.63, 3.8) is 0 Å². The van der Waals surface area contributed by atoms with E-state index in [2.05, 4.69) is 11.0 Å². The lowest BCUT2D eigenvalue weighted by atomic mass is 10.2. The topological polar surface area (TPSA) is 49.6 Å². The zero-order chi connectivity index (χ0) is 17.1. The summed E-state index contributed by atoms with van der Waals surface area (Å²) in [7, 11) is 0. The monoisotopic (exact) mass is 419 g/mol. The first kappa shape index (κ1) is 22.9. The fraction of sp³-hybridized carbons (Fsp3) is 0.389. The maximum Gasteiger partial charge on any atom is 0.239 e. The molecule has 1 aromatic heterocycles. The van der Waals surface area contributed by atoms with Crippen LogP contribution < -0.4 is 5.73 Å². The van der Waals surface area contributed by atoms with Crippen LogP contribution in [0.15, 0.2) is 36.4 Å². The maximum atomic E-state index is 13.9. The molecule has 1 fully saturated rings. The van der Waals surface area contributed by atoms with Crippen molar-refractivity contribution in [2.75, 3.05) is 26.2 Å². The Morgan fingerprint density at radius 1 is 1.15 bits per heavy atom. The van der Waals surface area contributed by atoms with E-state index in [1.54, 1.807) is 24.3 Å². The first-order valence-corrected chi connectivity index (χ1v) is 8.96. The second-order valence-electron chi connectivity index (χ2n) is 6.14. The molecule has 0 radical (unpaired) electrons. The summed E-state index contributed by atoms with van der Waals surface area (Å²) in [5.41, 5.74) is 6.32. The van der Waals surface area contributed by atoms with Crippen LogP contribution in [-0.4, -0.2) is 47.9 Å². The fourth-order valence-corrected chi connectivity index (χ4v) is 3.98. The van der Waals surface area contributed by atoms with Crippen LogP contribution in [0, 0.1) is 5.82 Å². The number of amides is 1. The highest BCUT2D eigenvalue weighted by atomic mass is 35.5. The molecule has 8 heteroatoms. The molecule has 1 saturated heterocycles. The average molecular weight is 420 g/mol. The van der Waals surface area contributed by atoms with Crippen molar-refractivity contribution in [3.8, 4) is 10.4 Å². The van der Waals surface area contributed by atoms with Crippen LogP contribution in [0.1, 0.15) is 11.8 Å². The molecule has 1 aromatic carbocycles. The van der Waals surface area contributed by atoms with Crippen molar-refractivity contribution in [2.24, 2.45) is 5.73 Å². The van der Waals surface area contributed by atoms with Gasteiger partial charge in [-0.25, -0.2) is 4.39 Å². The van der Waals surface area contributed by atoms with Gasteiger partial charge in [0.15, 0.2) is 0 Å². The summed E-state index contributed by atoms with van der Waals surface area (Å²) in [5.74, 6) is -0.165. The van der Waals surface area contributed by atoms with Gasteiger partial charge < -0.3 is 10.6 Å². The minimum absolute atomic E-state index is 0. The molecule has 0 unspecified atom stereocenters. The molecule has 144 valence electrons. The van der Waals surface area contributed by atoms with E-state index in [1.807, 2.05) is 23.1 Å². The van der Waals surface area contributed by atoms with Crippen LogP contribution in [0.5, 0.6) is 0 Å². The SMILES string of the molecule is C[C@@H](N)C(=O)N1CCN(Cc2ccc(-c3ccccc3F)s2)CC1.Cl.Cl. The van der Waals surface area contributed by atoms with Gasteiger partial charge in [0.2, 0.25) is 5.91 Å². The van der Waals surface area contributed by atoms with Crippen LogP contribution in [0.25, 0.3) is 10.4 Å². The number of carbonyl (C=O) groups is 1. The zero-order valence-corrected chi connectivity index (χ0v) is 17.0. The van der Waals surface area contributed by atoms with Crippen molar-refractivity contribution in [3.05, 3.63) is 47.1 Å². The third-order valence-corrected chi connectivity index (χ3v) is 5.36. The summed E-state index contributed by atoms with van der Waals surface area (Å²) < 4.78 is 13.9. The minimum Gasteiger partial charge on any atom is -0.339 e. The summed E-state index contributed by atoms with van der Waals surface area (Å²) >= 11 is 1.62. The standard InChI is InChI=1S/C18H22FN3OS.2ClH/c1-13(20)18(23)22-10-8-21(9-11-22)12-14-6-7-17(24-14)15-4-2-3-5-16(15)19;;/h2-7,13H,8-12,20H2,1H3;2*1H/t13-;;/m1../s1. The Bertz CT molecular complexity index is 718. The predicted octanol–water partition coefficient (Wildman–Crippen LogP) is 3.39. The lowest BCUT2D eigenvalue weighted by Gasteiger charge is -2.35. The molecular formula is C18H24Cl2FN3OS. The molecule has 3 rings (SSSR count). The summed E-state index contributed by atoms with van der Waals surface area (Å²) in [6, 6.07) is 10.5. The quantitative estimate of drug-likeness (QED) is 0.825. The Morgan fingerprint density at radius 3 is 2.42 bits per heavy atom. The van der Waals surface area contributed by atoms with Gasteiger partial charge in [0.25, 0.3) is 0 Å². The number of thiophene rings is 1. The Kier molecular flexibility index (Phi) is 9.00. The second kappa shape index (κ2) is 10.2. The van der Waals surface area contributed by atoms with Crippen molar-refractivity contribution in [2.45, 2.75) is 19.5 Å². The van der Waals surface area contributed by atoms with Crippen LogP contribution in [0.3, 0.4) is 0 Å². The molecular weight excluding hydrogens is 396 g/mol. The number of nitrogens with two attached hydrogens (primary N) is 1. The zero-order valence-electron chi connectivity index (χ0n) is 14.6. The van der Waals surface area contributed by atoms with Gasteiger partial charge >= 0.3 is 0 Å².